The first-order valence-corrected chi connectivity index (χ1v) is 5.89. The van der Waals surface area contributed by atoms with Gasteiger partial charge >= 0.3 is 0 Å². The molecule has 0 saturated carbocycles. The zero-order valence-electron chi connectivity index (χ0n) is 9.19. The molecule has 1 atom stereocenters. The van der Waals surface area contributed by atoms with Gasteiger partial charge in [-0.1, -0.05) is 41.4 Å². The summed E-state index contributed by atoms with van der Waals surface area (Å²) in [4.78, 5) is 4.14. The quantitative estimate of drug-likeness (QED) is 0.899. The highest BCUT2D eigenvalue weighted by molar-refractivity contribution is 6.42. The van der Waals surface area contributed by atoms with Crippen LogP contribution in [0.4, 0.5) is 0 Å². The second kappa shape index (κ2) is 5.05. The van der Waals surface area contributed by atoms with Gasteiger partial charge in [0, 0.05) is 23.0 Å². The zero-order chi connectivity index (χ0) is 12.4. The van der Waals surface area contributed by atoms with Crippen molar-refractivity contribution in [2.45, 2.75) is 13.0 Å². The van der Waals surface area contributed by atoms with Gasteiger partial charge in [0.2, 0.25) is 0 Å². The maximum absolute atomic E-state index is 10.2. The minimum Gasteiger partial charge on any atom is -0.384 e. The smallest absolute Gasteiger partial charge is 0.107 e. The Morgan fingerprint density at radius 1 is 1.18 bits per heavy atom. The highest BCUT2D eigenvalue weighted by Gasteiger charge is 2.15. The number of hydrogen-bond donors (Lipinski definition) is 1. The molecule has 0 aliphatic carbocycles. The summed E-state index contributed by atoms with van der Waals surface area (Å²) < 4.78 is 0. The molecule has 1 unspecified atom stereocenters. The average molecular weight is 268 g/mol. The van der Waals surface area contributed by atoms with E-state index in [1.807, 2.05) is 19.1 Å². The molecule has 0 amide bonds. The number of hydrogen-bond acceptors (Lipinski definition) is 2. The summed E-state index contributed by atoms with van der Waals surface area (Å²) in [5.41, 5.74) is 2.18. The number of nitrogens with zero attached hydrogens (tertiary/aromatic N) is 1. The molecule has 2 aromatic rings. The molecule has 1 heterocycles. The lowest BCUT2D eigenvalue weighted by Crippen LogP contribution is -2.01. The molecule has 0 fully saturated rings. The van der Waals surface area contributed by atoms with E-state index in [9.17, 15) is 5.11 Å². The molecule has 4 heteroatoms. The molecule has 2 rings (SSSR count). The van der Waals surface area contributed by atoms with E-state index >= 15 is 0 Å². The van der Waals surface area contributed by atoms with Crippen molar-refractivity contribution in [3.8, 4) is 0 Å². The van der Waals surface area contributed by atoms with E-state index in [-0.39, 0.29) is 0 Å². The molecule has 0 saturated heterocycles. The molecule has 0 aliphatic rings. The Morgan fingerprint density at radius 3 is 2.59 bits per heavy atom. The van der Waals surface area contributed by atoms with Crippen molar-refractivity contribution < 1.29 is 5.11 Å². The van der Waals surface area contributed by atoms with Crippen LogP contribution in [0.2, 0.25) is 10.0 Å². The van der Waals surface area contributed by atoms with Crippen LogP contribution in [0.3, 0.4) is 0 Å². The number of aliphatic hydroxyl groups is 1. The van der Waals surface area contributed by atoms with Gasteiger partial charge in [0.25, 0.3) is 0 Å². The van der Waals surface area contributed by atoms with Crippen LogP contribution in [-0.2, 0) is 0 Å². The molecule has 0 radical (unpaired) electrons. The molecule has 1 aromatic heterocycles. The molecule has 1 N–H and O–H groups in total. The molecule has 1 aromatic carbocycles. The summed E-state index contributed by atoms with van der Waals surface area (Å²) in [5, 5.41) is 11.0. The van der Waals surface area contributed by atoms with Crippen LogP contribution in [0.1, 0.15) is 22.9 Å². The van der Waals surface area contributed by atoms with Crippen molar-refractivity contribution in [3.05, 3.63) is 63.4 Å². The van der Waals surface area contributed by atoms with Crippen LogP contribution >= 0.6 is 23.2 Å². The Labute approximate surface area is 110 Å². The minimum atomic E-state index is -0.811. The van der Waals surface area contributed by atoms with Crippen molar-refractivity contribution in [1.82, 2.24) is 4.98 Å². The van der Waals surface area contributed by atoms with Gasteiger partial charge in [0.15, 0.2) is 0 Å². The van der Waals surface area contributed by atoms with E-state index in [2.05, 4.69) is 4.98 Å². The van der Waals surface area contributed by atoms with Crippen molar-refractivity contribution in [2.75, 3.05) is 0 Å². The fourth-order valence-corrected chi connectivity index (χ4v) is 1.96. The van der Waals surface area contributed by atoms with Gasteiger partial charge in [0.1, 0.15) is 6.10 Å². The van der Waals surface area contributed by atoms with Gasteiger partial charge in [-0.05, 0) is 19.1 Å². The third-order valence-electron chi connectivity index (χ3n) is 2.53. The number of aliphatic hydroxyl groups excluding tert-OH is 1. The van der Waals surface area contributed by atoms with Crippen LogP contribution in [0.15, 0.2) is 36.5 Å². The SMILES string of the molecule is Cc1ccc(C(O)c2cccc(Cl)c2Cl)cn1. The van der Waals surface area contributed by atoms with Crippen LogP contribution in [-0.4, -0.2) is 10.1 Å². The third-order valence-corrected chi connectivity index (χ3v) is 3.36. The molecule has 0 bridgehead atoms. The Hall–Kier alpha value is -1.09. The predicted molar refractivity (Wildman–Crippen MR) is 69.5 cm³/mol. The number of halogens is 2. The van der Waals surface area contributed by atoms with Crippen LogP contribution in [0.5, 0.6) is 0 Å². The summed E-state index contributed by atoms with van der Waals surface area (Å²) >= 11 is 12.0. The van der Waals surface area contributed by atoms with Gasteiger partial charge < -0.3 is 5.11 Å². The molecular weight excluding hydrogens is 257 g/mol. The maximum atomic E-state index is 10.2. The van der Waals surface area contributed by atoms with Crippen molar-refractivity contribution in [2.24, 2.45) is 0 Å². The summed E-state index contributed by atoms with van der Waals surface area (Å²) in [6.07, 6.45) is 0.825. The fraction of sp³-hybridized carbons (Fsp3) is 0.154. The van der Waals surface area contributed by atoms with E-state index < -0.39 is 6.10 Å². The Kier molecular flexibility index (Phi) is 3.67. The lowest BCUT2D eigenvalue weighted by molar-refractivity contribution is 0.220. The topological polar surface area (TPSA) is 33.1 Å². The van der Waals surface area contributed by atoms with Crippen LogP contribution < -0.4 is 0 Å². The van der Waals surface area contributed by atoms with Gasteiger partial charge in [-0.2, -0.15) is 0 Å². The first-order valence-electron chi connectivity index (χ1n) is 5.14. The van der Waals surface area contributed by atoms with Crippen LogP contribution in [0.25, 0.3) is 0 Å². The number of pyridine rings is 1. The normalized spacial score (nSPS) is 12.5. The summed E-state index contributed by atoms with van der Waals surface area (Å²) in [6.45, 7) is 1.89. The van der Waals surface area contributed by atoms with E-state index in [0.717, 1.165) is 5.69 Å². The first kappa shape index (κ1) is 12.4. The molecule has 88 valence electrons. The number of aromatic nitrogens is 1. The monoisotopic (exact) mass is 267 g/mol. The first-order chi connectivity index (χ1) is 8.09. The molecule has 17 heavy (non-hydrogen) atoms. The van der Waals surface area contributed by atoms with Gasteiger partial charge in [-0.3, -0.25) is 4.98 Å². The molecule has 2 nitrogen and oxygen atoms in total. The van der Waals surface area contributed by atoms with E-state index in [4.69, 9.17) is 23.2 Å². The largest absolute Gasteiger partial charge is 0.384 e. The molecule has 0 spiro atoms. The number of rotatable bonds is 2. The molecule has 0 aliphatic heterocycles. The number of benzene rings is 1. The lowest BCUT2D eigenvalue weighted by atomic mass is 10.0. The van der Waals surface area contributed by atoms with Gasteiger partial charge in [0.05, 0.1) is 10.0 Å². The standard InChI is InChI=1S/C13H11Cl2NO/c1-8-5-6-9(7-16-8)13(17)10-3-2-4-11(14)12(10)15/h2-7,13,17H,1H3. The minimum absolute atomic E-state index is 0.377. The highest BCUT2D eigenvalue weighted by atomic mass is 35.5. The average Bonchev–Trinajstić information content (AvgIpc) is 2.33. The highest BCUT2D eigenvalue weighted by Crippen LogP contribution is 2.32. The lowest BCUT2D eigenvalue weighted by Gasteiger charge is -2.13. The van der Waals surface area contributed by atoms with Crippen molar-refractivity contribution in [1.29, 1.82) is 0 Å². The van der Waals surface area contributed by atoms with E-state index in [1.165, 1.54) is 0 Å². The summed E-state index contributed by atoms with van der Waals surface area (Å²) in [7, 11) is 0. The van der Waals surface area contributed by atoms with Gasteiger partial charge in [-0.25, -0.2) is 0 Å². The summed E-state index contributed by atoms with van der Waals surface area (Å²) in [6, 6.07) is 8.86. The van der Waals surface area contributed by atoms with Crippen molar-refractivity contribution in [3.63, 3.8) is 0 Å². The number of aryl methyl sites for hydroxylation is 1. The predicted octanol–water partition coefficient (Wildman–Crippen LogP) is 3.78. The molecular formula is C13H11Cl2NO. The zero-order valence-corrected chi connectivity index (χ0v) is 10.7. The van der Waals surface area contributed by atoms with E-state index in [0.29, 0.717) is 21.2 Å². The third kappa shape index (κ3) is 2.60. The summed E-state index contributed by atoms with van der Waals surface area (Å²) in [5.74, 6) is 0. The Balaban J connectivity index is 2.40. The Morgan fingerprint density at radius 2 is 1.94 bits per heavy atom. The fourth-order valence-electron chi connectivity index (χ4n) is 1.55. The van der Waals surface area contributed by atoms with Crippen molar-refractivity contribution >= 4 is 23.2 Å². The second-order valence-corrected chi connectivity index (χ2v) is 4.56. The second-order valence-electron chi connectivity index (χ2n) is 3.78. The van der Waals surface area contributed by atoms with Crippen LogP contribution in [0, 0.1) is 6.92 Å². The van der Waals surface area contributed by atoms with Gasteiger partial charge in [-0.15, -0.1) is 0 Å². The maximum Gasteiger partial charge on any atom is 0.107 e. The Bertz CT molecular complexity index is 525. The van der Waals surface area contributed by atoms with E-state index in [1.54, 1.807) is 24.4 Å².